The molecule has 0 unspecified atom stereocenters. The molecule has 0 radical (unpaired) electrons. The zero-order chi connectivity index (χ0) is 13.5. The molecule has 2 nitrogen and oxygen atoms in total. The van der Waals surface area contributed by atoms with Crippen molar-refractivity contribution in [2.24, 2.45) is 0 Å². The predicted molar refractivity (Wildman–Crippen MR) is 79.0 cm³/mol. The Morgan fingerprint density at radius 3 is 2.32 bits per heavy atom. The molecule has 2 rings (SSSR count). The molecule has 0 saturated heterocycles. The van der Waals surface area contributed by atoms with Crippen LogP contribution in [0.4, 0.5) is 0 Å². The van der Waals surface area contributed by atoms with Crippen molar-refractivity contribution in [3.63, 3.8) is 0 Å². The average Bonchev–Trinajstić information content (AvgIpc) is 2.48. The molecule has 0 amide bonds. The van der Waals surface area contributed by atoms with Crippen LogP contribution in [0.25, 0.3) is 11.6 Å². The summed E-state index contributed by atoms with van der Waals surface area (Å²) in [5.74, 6) is 0.848. The summed E-state index contributed by atoms with van der Waals surface area (Å²) < 4.78 is 5.15. The molecule has 0 aliphatic heterocycles. The molecule has 0 bridgehead atoms. The molecule has 0 saturated carbocycles. The van der Waals surface area contributed by atoms with Crippen LogP contribution in [-0.2, 0) is 0 Å². The monoisotopic (exact) mass is 254 g/mol. The Bertz CT molecular complexity index is 527. The van der Waals surface area contributed by atoms with Gasteiger partial charge in [-0.2, -0.15) is 0 Å². The van der Waals surface area contributed by atoms with E-state index in [1.54, 1.807) is 7.11 Å². The highest BCUT2D eigenvalue weighted by Gasteiger charge is 2.01. The molecule has 0 aliphatic rings. The average molecular weight is 254 g/mol. The van der Waals surface area contributed by atoms with Crippen molar-refractivity contribution in [3.05, 3.63) is 65.7 Å². The van der Waals surface area contributed by atoms with Crippen molar-refractivity contribution >= 4 is 11.6 Å². The Labute approximate surface area is 114 Å². The number of ether oxygens (including phenoxy) is 1. The minimum absolute atomic E-state index is 0.150. The quantitative estimate of drug-likeness (QED) is 0.826. The Kier molecular flexibility index (Phi) is 4.76. The molecule has 2 aromatic rings. The van der Waals surface area contributed by atoms with Crippen molar-refractivity contribution in [3.8, 4) is 5.75 Å². The van der Waals surface area contributed by atoms with Crippen LogP contribution in [0.5, 0.6) is 5.75 Å². The topological polar surface area (TPSA) is 29.5 Å². The Morgan fingerprint density at radius 2 is 1.74 bits per heavy atom. The van der Waals surface area contributed by atoms with Gasteiger partial charge in [-0.3, -0.25) is 0 Å². The lowest BCUT2D eigenvalue weighted by molar-refractivity contribution is 0.305. The van der Waals surface area contributed by atoms with Gasteiger partial charge in [0.15, 0.2) is 0 Å². The number of rotatable bonds is 5. The third-order valence-electron chi connectivity index (χ3n) is 2.98. The van der Waals surface area contributed by atoms with Gasteiger partial charge in [0.1, 0.15) is 5.75 Å². The van der Waals surface area contributed by atoms with Gasteiger partial charge < -0.3 is 9.84 Å². The second-order valence-corrected chi connectivity index (χ2v) is 4.28. The highest BCUT2D eigenvalue weighted by Crippen LogP contribution is 2.22. The van der Waals surface area contributed by atoms with E-state index in [1.807, 2.05) is 42.5 Å². The van der Waals surface area contributed by atoms with Crippen LogP contribution in [0.2, 0.25) is 0 Å². The van der Waals surface area contributed by atoms with E-state index in [4.69, 9.17) is 4.74 Å². The van der Waals surface area contributed by atoms with Gasteiger partial charge >= 0.3 is 0 Å². The fraction of sp³-hybridized carbons (Fsp3) is 0.176. The lowest BCUT2D eigenvalue weighted by atomic mass is 10.0. The number of hydrogen-bond donors (Lipinski definition) is 1. The molecular formula is C17H18O2. The summed E-state index contributed by atoms with van der Waals surface area (Å²) in [6.45, 7) is 0.150. The van der Waals surface area contributed by atoms with Crippen LogP contribution in [0, 0.1) is 0 Å². The predicted octanol–water partition coefficient (Wildman–Crippen LogP) is 3.62. The van der Waals surface area contributed by atoms with E-state index in [-0.39, 0.29) is 6.61 Å². The van der Waals surface area contributed by atoms with Crippen molar-refractivity contribution in [1.29, 1.82) is 0 Å². The summed E-state index contributed by atoms with van der Waals surface area (Å²) in [4.78, 5) is 0. The number of methoxy groups -OCH3 is 1. The van der Waals surface area contributed by atoms with Gasteiger partial charge in [-0.05, 0) is 35.3 Å². The summed E-state index contributed by atoms with van der Waals surface area (Å²) in [5.41, 5.74) is 3.38. The second-order valence-electron chi connectivity index (χ2n) is 4.28. The molecule has 19 heavy (non-hydrogen) atoms. The molecule has 0 aromatic heterocycles. The van der Waals surface area contributed by atoms with Crippen LogP contribution in [-0.4, -0.2) is 18.8 Å². The van der Waals surface area contributed by atoms with Gasteiger partial charge in [0.2, 0.25) is 0 Å². The number of benzene rings is 2. The van der Waals surface area contributed by atoms with Crippen molar-refractivity contribution in [2.45, 2.75) is 6.42 Å². The van der Waals surface area contributed by atoms with Gasteiger partial charge in [-0.15, -0.1) is 0 Å². The van der Waals surface area contributed by atoms with Gasteiger partial charge in [-0.1, -0.05) is 48.5 Å². The maximum Gasteiger partial charge on any atom is 0.118 e. The smallest absolute Gasteiger partial charge is 0.118 e. The molecule has 0 heterocycles. The molecule has 0 spiro atoms. The maximum absolute atomic E-state index is 9.20. The largest absolute Gasteiger partial charge is 0.497 e. The fourth-order valence-corrected chi connectivity index (χ4v) is 1.97. The first-order valence-corrected chi connectivity index (χ1v) is 6.34. The van der Waals surface area contributed by atoms with Crippen LogP contribution in [0.3, 0.4) is 0 Å². The van der Waals surface area contributed by atoms with E-state index in [9.17, 15) is 5.11 Å². The molecule has 2 aromatic carbocycles. The third kappa shape index (κ3) is 3.70. The molecule has 0 fully saturated rings. The SMILES string of the molecule is COc1ccc(C=C(CCO)c2ccccc2)cc1. The van der Waals surface area contributed by atoms with E-state index in [1.165, 1.54) is 0 Å². The summed E-state index contributed by atoms with van der Waals surface area (Å²) in [6, 6.07) is 18.0. The van der Waals surface area contributed by atoms with E-state index in [0.717, 1.165) is 22.4 Å². The van der Waals surface area contributed by atoms with Crippen LogP contribution in [0.1, 0.15) is 17.5 Å². The molecule has 2 heteroatoms. The number of aliphatic hydroxyl groups is 1. The van der Waals surface area contributed by atoms with Gasteiger partial charge in [-0.25, -0.2) is 0 Å². The van der Waals surface area contributed by atoms with Crippen molar-refractivity contribution in [1.82, 2.24) is 0 Å². The van der Waals surface area contributed by atoms with Crippen LogP contribution >= 0.6 is 0 Å². The molecular weight excluding hydrogens is 236 g/mol. The zero-order valence-electron chi connectivity index (χ0n) is 11.0. The first kappa shape index (κ1) is 13.4. The van der Waals surface area contributed by atoms with Crippen LogP contribution < -0.4 is 4.74 Å². The summed E-state index contributed by atoms with van der Waals surface area (Å²) in [5, 5.41) is 9.20. The van der Waals surface area contributed by atoms with Crippen LogP contribution in [0.15, 0.2) is 54.6 Å². The van der Waals surface area contributed by atoms with E-state index in [2.05, 4.69) is 18.2 Å². The highest BCUT2D eigenvalue weighted by molar-refractivity contribution is 5.81. The minimum Gasteiger partial charge on any atom is -0.497 e. The lowest BCUT2D eigenvalue weighted by Crippen LogP contribution is -1.89. The maximum atomic E-state index is 9.20. The number of aliphatic hydroxyl groups excluding tert-OH is 1. The second kappa shape index (κ2) is 6.76. The lowest BCUT2D eigenvalue weighted by Gasteiger charge is -2.07. The normalized spacial score (nSPS) is 11.4. The minimum atomic E-state index is 0.150. The van der Waals surface area contributed by atoms with Crippen molar-refractivity contribution in [2.75, 3.05) is 13.7 Å². The standard InChI is InChI=1S/C17H18O2/c1-19-17-9-7-14(8-10-17)13-16(11-12-18)15-5-3-2-4-6-15/h2-10,13,18H,11-12H2,1H3. The Balaban J connectivity index is 2.29. The zero-order valence-corrected chi connectivity index (χ0v) is 11.0. The van der Waals surface area contributed by atoms with E-state index in [0.29, 0.717) is 6.42 Å². The Morgan fingerprint density at radius 1 is 1.05 bits per heavy atom. The summed E-state index contributed by atoms with van der Waals surface area (Å²) in [6.07, 6.45) is 2.75. The van der Waals surface area contributed by atoms with E-state index < -0.39 is 0 Å². The molecule has 0 aliphatic carbocycles. The number of hydrogen-bond acceptors (Lipinski definition) is 2. The summed E-state index contributed by atoms with van der Waals surface area (Å²) >= 11 is 0. The first-order valence-electron chi connectivity index (χ1n) is 6.34. The van der Waals surface area contributed by atoms with Gasteiger partial charge in [0.05, 0.1) is 7.11 Å². The van der Waals surface area contributed by atoms with Crippen molar-refractivity contribution < 1.29 is 9.84 Å². The third-order valence-corrected chi connectivity index (χ3v) is 2.98. The Hall–Kier alpha value is -2.06. The first-order chi connectivity index (χ1) is 9.33. The summed E-state index contributed by atoms with van der Waals surface area (Å²) in [7, 11) is 1.66. The van der Waals surface area contributed by atoms with Gasteiger partial charge in [0, 0.05) is 6.61 Å². The molecule has 1 N–H and O–H groups in total. The van der Waals surface area contributed by atoms with Gasteiger partial charge in [0.25, 0.3) is 0 Å². The molecule has 0 atom stereocenters. The fourth-order valence-electron chi connectivity index (χ4n) is 1.97. The van der Waals surface area contributed by atoms with E-state index >= 15 is 0 Å². The highest BCUT2D eigenvalue weighted by atomic mass is 16.5. The molecule has 98 valence electrons.